The third kappa shape index (κ3) is 4.79. The van der Waals surface area contributed by atoms with Crippen LogP contribution in [0.15, 0.2) is 35.5 Å². The molecule has 0 amide bonds. The van der Waals surface area contributed by atoms with Crippen LogP contribution in [0.2, 0.25) is 0 Å². The number of hydrogen-bond acceptors (Lipinski definition) is 4. The highest BCUT2D eigenvalue weighted by Gasteiger charge is 2.42. The lowest BCUT2D eigenvalue weighted by atomic mass is 9.85. The average molecular weight is 320 g/mol. The Morgan fingerprint density at radius 2 is 2.22 bits per heavy atom. The van der Waals surface area contributed by atoms with E-state index in [1.165, 1.54) is 0 Å². The van der Waals surface area contributed by atoms with Crippen molar-refractivity contribution in [2.45, 2.75) is 52.2 Å². The topological polar surface area (TPSA) is 55.8 Å². The van der Waals surface area contributed by atoms with Crippen LogP contribution in [0.4, 0.5) is 0 Å². The van der Waals surface area contributed by atoms with Crippen molar-refractivity contribution in [3.63, 3.8) is 0 Å². The molecule has 4 heteroatoms. The summed E-state index contributed by atoms with van der Waals surface area (Å²) in [6.45, 7) is 11.3. The first-order valence-corrected chi connectivity index (χ1v) is 8.39. The van der Waals surface area contributed by atoms with Gasteiger partial charge in [0.05, 0.1) is 18.6 Å². The lowest BCUT2D eigenvalue weighted by molar-refractivity contribution is -0.139. The van der Waals surface area contributed by atoms with Crippen LogP contribution in [0.5, 0.6) is 0 Å². The van der Waals surface area contributed by atoms with Gasteiger partial charge in [-0.1, -0.05) is 38.2 Å². The molecule has 0 saturated carbocycles. The van der Waals surface area contributed by atoms with Gasteiger partial charge < -0.3 is 14.6 Å². The number of carbonyl (C=O) groups excluding carboxylic acids is 1. The van der Waals surface area contributed by atoms with Gasteiger partial charge in [0, 0.05) is 18.6 Å². The first-order chi connectivity index (χ1) is 10.9. The summed E-state index contributed by atoms with van der Waals surface area (Å²) in [6, 6.07) is 0. The zero-order valence-corrected chi connectivity index (χ0v) is 14.4. The van der Waals surface area contributed by atoms with Crippen molar-refractivity contribution >= 4 is 5.97 Å². The summed E-state index contributed by atoms with van der Waals surface area (Å²) in [6.07, 6.45) is 5.32. The molecular weight excluding hydrogens is 292 g/mol. The van der Waals surface area contributed by atoms with E-state index in [-0.39, 0.29) is 12.0 Å². The third-order valence-corrected chi connectivity index (χ3v) is 4.32. The molecule has 2 aliphatic rings. The number of esters is 1. The summed E-state index contributed by atoms with van der Waals surface area (Å²) in [5.74, 6) is -0.283. The number of allylic oxidation sites excluding steroid dienone is 2. The Bertz CT molecular complexity index is 515. The smallest absolute Gasteiger partial charge is 0.334 e. The highest BCUT2D eigenvalue weighted by molar-refractivity contribution is 5.91. The number of fused-ring (bicyclic) bond motifs is 1. The molecule has 23 heavy (non-hydrogen) atoms. The van der Waals surface area contributed by atoms with Crippen molar-refractivity contribution in [3.8, 4) is 0 Å². The fraction of sp³-hybridized carbons (Fsp3) is 0.632. The van der Waals surface area contributed by atoms with Gasteiger partial charge in [-0.3, -0.25) is 0 Å². The van der Waals surface area contributed by atoms with Gasteiger partial charge in [-0.25, -0.2) is 4.79 Å². The number of ether oxygens (including phenoxy) is 2. The molecule has 1 saturated heterocycles. The molecule has 0 aromatic rings. The second kappa shape index (κ2) is 7.93. The predicted molar refractivity (Wildman–Crippen MR) is 89.9 cm³/mol. The molecule has 1 fully saturated rings. The van der Waals surface area contributed by atoms with Crippen LogP contribution in [-0.2, 0) is 14.3 Å². The Labute approximate surface area is 138 Å². The van der Waals surface area contributed by atoms with Gasteiger partial charge in [0.1, 0.15) is 6.10 Å². The molecule has 2 rings (SSSR count). The minimum atomic E-state index is -0.727. The van der Waals surface area contributed by atoms with Crippen LogP contribution in [-0.4, -0.2) is 36.5 Å². The molecular formula is C19H28O4. The maximum absolute atomic E-state index is 11.9. The predicted octanol–water partition coefficient (Wildman–Crippen LogP) is 3.17. The van der Waals surface area contributed by atoms with Crippen LogP contribution in [0.25, 0.3) is 0 Å². The van der Waals surface area contributed by atoms with Gasteiger partial charge in [0.25, 0.3) is 0 Å². The minimum Gasteiger partial charge on any atom is -0.458 e. The van der Waals surface area contributed by atoms with E-state index in [1.807, 2.05) is 13.0 Å². The molecule has 1 heterocycles. The Morgan fingerprint density at radius 1 is 1.48 bits per heavy atom. The van der Waals surface area contributed by atoms with Gasteiger partial charge in [-0.2, -0.15) is 0 Å². The van der Waals surface area contributed by atoms with Crippen molar-refractivity contribution in [2.75, 3.05) is 13.2 Å². The quantitative estimate of drug-likeness (QED) is 0.491. The molecule has 0 spiro atoms. The van der Waals surface area contributed by atoms with E-state index >= 15 is 0 Å². The maximum atomic E-state index is 11.9. The van der Waals surface area contributed by atoms with Crippen molar-refractivity contribution in [2.24, 2.45) is 11.8 Å². The third-order valence-electron chi connectivity index (χ3n) is 4.32. The van der Waals surface area contributed by atoms with Gasteiger partial charge in [0.2, 0.25) is 0 Å². The highest BCUT2D eigenvalue weighted by atomic mass is 16.6. The summed E-state index contributed by atoms with van der Waals surface area (Å²) in [5, 5.41) is 10.5. The fourth-order valence-corrected chi connectivity index (χ4v) is 3.11. The van der Waals surface area contributed by atoms with Gasteiger partial charge >= 0.3 is 5.97 Å². The Kier molecular flexibility index (Phi) is 6.19. The summed E-state index contributed by atoms with van der Waals surface area (Å²) in [5.41, 5.74) is 2.61. The lowest BCUT2D eigenvalue weighted by Gasteiger charge is -2.24. The van der Waals surface area contributed by atoms with Gasteiger partial charge in [-0.15, -0.1) is 0 Å². The Morgan fingerprint density at radius 3 is 2.91 bits per heavy atom. The van der Waals surface area contributed by atoms with Gasteiger partial charge in [0.15, 0.2) is 0 Å². The Hall–Kier alpha value is -1.39. The lowest BCUT2D eigenvalue weighted by Crippen LogP contribution is -2.29. The molecule has 3 atom stereocenters. The molecule has 0 aromatic heterocycles. The number of hydrogen-bond donors (Lipinski definition) is 1. The second-order valence-corrected chi connectivity index (χ2v) is 7.01. The molecule has 4 nitrogen and oxygen atoms in total. The molecule has 1 N–H and O–H groups in total. The standard InChI is InChI=1S/C19H28O4/c1-12(2)10-22-11-15-7-5-6-13(3)8-16(20)18-14(4)19(21)23-17(18)9-15/h7-8,12,16-18,20H,4-6,9-11H2,1-3H3/b13-8+,15-7+/t16-,17-,18+/m1/s1. The Balaban J connectivity index is 2.16. The van der Waals surface area contributed by atoms with E-state index in [2.05, 4.69) is 26.5 Å². The van der Waals surface area contributed by atoms with Crippen LogP contribution in [0.1, 0.15) is 40.0 Å². The molecule has 0 unspecified atom stereocenters. The summed E-state index contributed by atoms with van der Waals surface area (Å²) in [7, 11) is 0. The van der Waals surface area contributed by atoms with Crippen LogP contribution in [0.3, 0.4) is 0 Å². The van der Waals surface area contributed by atoms with E-state index in [9.17, 15) is 9.90 Å². The van der Waals surface area contributed by atoms with Crippen LogP contribution < -0.4 is 0 Å². The van der Waals surface area contributed by atoms with Crippen molar-refractivity contribution in [1.82, 2.24) is 0 Å². The molecule has 1 aliphatic heterocycles. The summed E-state index contributed by atoms with van der Waals surface area (Å²) in [4.78, 5) is 11.9. The zero-order chi connectivity index (χ0) is 17.0. The van der Waals surface area contributed by atoms with Gasteiger partial charge in [-0.05, 0) is 31.3 Å². The molecule has 0 radical (unpaired) electrons. The largest absolute Gasteiger partial charge is 0.458 e. The highest BCUT2D eigenvalue weighted by Crippen LogP contribution is 2.35. The number of aliphatic hydroxyl groups excluding tert-OH is 1. The van der Waals surface area contributed by atoms with Crippen molar-refractivity contribution < 1.29 is 19.4 Å². The maximum Gasteiger partial charge on any atom is 0.334 e. The van der Waals surface area contributed by atoms with Crippen LogP contribution >= 0.6 is 0 Å². The fourth-order valence-electron chi connectivity index (χ4n) is 3.11. The molecule has 0 bridgehead atoms. The summed E-state index contributed by atoms with van der Waals surface area (Å²) >= 11 is 0. The van der Waals surface area contributed by atoms with E-state index < -0.39 is 12.1 Å². The number of aliphatic hydroxyl groups is 1. The van der Waals surface area contributed by atoms with E-state index in [0.29, 0.717) is 31.1 Å². The normalized spacial score (nSPS) is 33.5. The first kappa shape index (κ1) is 18.0. The average Bonchev–Trinajstić information content (AvgIpc) is 2.72. The van der Waals surface area contributed by atoms with E-state index in [0.717, 1.165) is 24.0 Å². The molecule has 128 valence electrons. The van der Waals surface area contributed by atoms with Crippen LogP contribution in [0, 0.1) is 11.8 Å². The van der Waals surface area contributed by atoms with Crippen molar-refractivity contribution in [3.05, 3.63) is 35.5 Å². The number of carbonyl (C=O) groups is 1. The second-order valence-electron chi connectivity index (χ2n) is 7.01. The SMILES string of the molecule is C=C1C(=O)O[C@@H]2C/C(COCC(C)C)=C\CC/C(C)=C/[C@@H](O)[C@H]12. The molecule has 0 aromatic carbocycles. The zero-order valence-electron chi connectivity index (χ0n) is 14.4. The number of rotatable bonds is 4. The summed E-state index contributed by atoms with van der Waals surface area (Å²) < 4.78 is 11.2. The monoisotopic (exact) mass is 320 g/mol. The van der Waals surface area contributed by atoms with E-state index in [1.54, 1.807) is 0 Å². The first-order valence-electron chi connectivity index (χ1n) is 8.39. The van der Waals surface area contributed by atoms with Crippen molar-refractivity contribution in [1.29, 1.82) is 0 Å². The molecule has 1 aliphatic carbocycles. The van der Waals surface area contributed by atoms with E-state index in [4.69, 9.17) is 9.47 Å². The minimum absolute atomic E-state index is 0.360.